The Balaban J connectivity index is 3.39. The smallest absolute Gasteiger partial charge is 0.0584 e. The molecule has 1 nitrogen and oxygen atoms in total. The standard InChI is InChI=1S/C10H20O/c1-5-7-9(3)11-10(4)8-6-2/h5,9-10H,1,6-8H2,2-4H3. The van der Waals surface area contributed by atoms with Gasteiger partial charge in [-0.15, -0.1) is 6.58 Å². The van der Waals surface area contributed by atoms with Crippen molar-refractivity contribution in [3.8, 4) is 0 Å². The zero-order chi connectivity index (χ0) is 8.69. The molecule has 0 heterocycles. The molecule has 0 fully saturated rings. The van der Waals surface area contributed by atoms with Crippen molar-refractivity contribution < 1.29 is 4.74 Å². The lowest BCUT2D eigenvalue weighted by Crippen LogP contribution is -2.15. The molecule has 0 aromatic rings. The Morgan fingerprint density at radius 2 is 2.00 bits per heavy atom. The fourth-order valence-corrected chi connectivity index (χ4v) is 1.16. The maximum Gasteiger partial charge on any atom is 0.0584 e. The number of rotatable bonds is 6. The zero-order valence-corrected chi connectivity index (χ0v) is 7.97. The Hall–Kier alpha value is -0.300. The monoisotopic (exact) mass is 156 g/mol. The van der Waals surface area contributed by atoms with E-state index in [1.807, 2.05) is 6.08 Å². The summed E-state index contributed by atoms with van der Waals surface area (Å²) in [5.41, 5.74) is 0. The van der Waals surface area contributed by atoms with E-state index in [0.717, 1.165) is 12.8 Å². The summed E-state index contributed by atoms with van der Waals surface area (Å²) in [6.45, 7) is 10.1. The zero-order valence-electron chi connectivity index (χ0n) is 7.97. The van der Waals surface area contributed by atoms with Gasteiger partial charge in [0.25, 0.3) is 0 Å². The molecule has 0 rings (SSSR count). The highest BCUT2D eigenvalue weighted by Gasteiger charge is 2.05. The van der Waals surface area contributed by atoms with Crippen molar-refractivity contribution in [1.29, 1.82) is 0 Å². The van der Waals surface area contributed by atoms with E-state index < -0.39 is 0 Å². The minimum atomic E-state index is 0.328. The van der Waals surface area contributed by atoms with E-state index in [2.05, 4.69) is 27.4 Å². The Kier molecular flexibility index (Phi) is 6.24. The van der Waals surface area contributed by atoms with Gasteiger partial charge < -0.3 is 4.74 Å². The summed E-state index contributed by atoms with van der Waals surface area (Å²) in [4.78, 5) is 0. The molecule has 2 unspecified atom stereocenters. The van der Waals surface area contributed by atoms with Crippen LogP contribution in [0, 0.1) is 0 Å². The van der Waals surface area contributed by atoms with E-state index >= 15 is 0 Å². The van der Waals surface area contributed by atoms with Gasteiger partial charge in [-0.25, -0.2) is 0 Å². The number of hydrogen-bond donors (Lipinski definition) is 0. The Morgan fingerprint density at radius 1 is 1.36 bits per heavy atom. The highest BCUT2D eigenvalue weighted by molar-refractivity contribution is 4.71. The van der Waals surface area contributed by atoms with Crippen molar-refractivity contribution in [1.82, 2.24) is 0 Å². The Labute approximate surface area is 70.4 Å². The molecule has 0 bridgehead atoms. The minimum absolute atomic E-state index is 0.328. The SMILES string of the molecule is C=CCC(C)OC(C)CCC. The molecule has 0 amide bonds. The summed E-state index contributed by atoms with van der Waals surface area (Å²) in [6.07, 6.45) is 5.94. The van der Waals surface area contributed by atoms with Crippen molar-refractivity contribution in [2.24, 2.45) is 0 Å². The molecular weight excluding hydrogens is 136 g/mol. The fourth-order valence-electron chi connectivity index (χ4n) is 1.16. The van der Waals surface area contributed by atoms with Crippen LogP contribution in [0.1, 0.15) is 40.0 Å². The van der Waals surface area contributed by atoms with Gasteiger partial charge in [-0.3, -0.25) is 0 Å². The summed E-state index contributed by atoms with van der Waals surface area (Å²) in [5, 5.41) is 0. The molecule has 0 aliphatic rings. The first kappa shape index (κ1) is 10.7. The summed E-state index contributed by atoms with van der Waals surface area (Å²) < 4.78 is 5.66. The van der Waals surface area contributed by atoms with Crippen LogP contribution in [0.3, 0.4) is 0 Å². The van der Waals surface area contributed by atoms with E-state index in [1.165, 1.54) is 6.42 Å². The van der Waals surface area contributed by atoms with Crippen molar-refractivity contribution in [2.45, 2.75) is 52.2 Å². The van der Waals surface area contributed by atoms with E-state index in [9.17, 15) is 0 Å². The second-order valence-electron chi connectivity index (χ2n) is 3.07. The molecule has 11 heavy (non-hydrogen) atoms. The first-order valence-electron chi connectivity index (χ1n) is 4.47. The van der Waals surface area contributed by atoms with Crippen LogP contribution >= 0.6 is 0 Å². The Morgan fingerprint density at radius 3 is 2.45 bits per heavy atom. The second kappa shape index (κ2) is 6.41. The predicted octanol–water partition coefficient (Wildman–Crippen LogP) is 3.16. The van der Waals surface area contributed by atoms with Crippen LogP contribution in [0.4, 0.5) is 0 Å². The second-order valence-corrected chi connectivity index (χ2v) is 3.07. The van der Waals surface area contributed by atoms with Crippen LogP contribution in [0.5, 0.6) is 0 Å². The maximum absolute atomic E-state index is 5.66. The highest BCUT2D eigenvalue weighted by atomic mass is 16.5. The van der Waals surface area contributed by atoms with Crippen LogP contribution < -0.4 is 0 Å². The van der Waals surface area contributed by atoms with E-state index in [1.54, 1.807) is 0 Å². The molecule has 2 atom stereocenters. The molecule has 1 heteroatoms. The van der Waals surface area contributed by atoms with Gasteiger partial charge in [0, 0.05) is 0 Å². The molecule has 0 aliphatic carbocycles. The van der Waals surface area contributed by atoms with Crippen molar-refractivity contribution in [3.63, 3.8) is 0 Å². The molecule has 0 aliphatic heterocycles. The van der Waals surface area contributed by atoms with E-state index in [0.29, 0.717) is 12.2 Å². The Bertz CT molecular complexity index is 99.0. The quantitative estimate of drug-likeness (QED) is 0.537. The molecule has 0 radical (unpaired) electrons. The number of hydrogen-bond acceptors (Lipinski definition) is 1. The molecule has 0 aromatic heterocycles. The molecule has 0 spiro atoms. The van der Waals surface area contributed by atoms with Crippen LogP contribution in [0.25, 0.3) is 0 Å². The predicted molar refractivity (Wildman–Crippen MR) is 49.7 cm³/mol. The molecule has 0 saturated heterocycles. The van der Waals surface area contributed by atoms with Crippen LogP contribution in [0.15, 0.2) is 12.7 Å². The molecule has 66 valence electrons. The van der Waals surface area contributed by atoms with Gasteiger partial charge in [-0.1, -0.05) is 19.4 Å². The average molecular weight is 156 g/mol. The molecule has 0 aromatic carbocycles. The van der Waals surface area contributed by atoms with Gasteiger partial charge in [0.2, 0.25) is 0 Å². The fraction of sp³-hybridized carbons (Fsp3) is 0.800. The van der Waals surface area contributed by atoms with Gasteiger partial charge in [0.05, 0.1) is 12.2 Å². The lowest BCUT2D eigenvalue weighted by molar-refractivity contribution is 0.00579. The van der Waals surface area contributed by atoms with Gasteiger partial charge in [-0.2, -0.15) is 0 Å². The highest BCUT2D eigenvalue weighted by Crippen LogP contribution is 2.07. The van der Waals surface area contributed by atoms with Crippen LogP contribution in [0.2, 0.25) is 0 Å². The molecule has 0 saturated carbocycles. The van der Waals surface area contributed by atoms with Gasteiger partial charge in [-0.05, 0) is 26.7 Å². The normalized spacial score (nSPS) is 15.9. The van der Waals surface area contributed by atoms with Crippen molar-refractivity contribution in [3.05, 3.63) is 12.7 Å². The van der Waals surface area contributed by atoms with Gasteiger partial charge in [0.1, 0.15) is 0 Å². The third-order valence-electron chi connectivity index (χ3n) is 1.66. The maximum atomic E-state index is 5.66. The molecule has 0 N–H and O–H groups in total. The molecular formula is C10H20O. The summed E-state index contributed by atoms with van der Waals surface area (Å²) >= 11 is 0. The van der Waals surface area contributed by atoms with Crippen molar-refractivity contribution >= 4 is 0 Å². The van der Waals surface area contributed by atoms with Gasteiger partial charge in [0.15, 0.2) is 0 Å². The van der Waals surface area contributed by atoms with Gasteiger partial charge >= 0.3 is 0 Å². The summed E-state index contributed by atoms with van der Waals surface area (Å²) in [6, 6.07) is 0. The summed E-state index contributed by atoms with van der Waals surface area (Å²) in [7, 11) is 0. The third kappa shape index (κ3) is 6.11. The first-order valence-corrected chi connectivity index (χ1v) is 4.47. The van der Waals surface area contributed by atoms with E-state index in [-0.39, 0.29) is 0 Å². The van der Waals surface area contributed by atoms with E-state index in [4.69, 9.17) is 4.74 Å². The largest absolute Gasteiger partial charge is 0.375 e. The lowest BCUT2D eigenvalue weighted by Gasteiger charge is -2.17. The first-order chi connectivity index (χ1) is 5.20. The topological polar surface area (TPSA) is 9.23 Å². The number of ether oxygens (including phenoxy) is 1. The van der Waals surface area contributed by atoms with Crippen molar-refractivity contribution in [2.75, 3.05) is 0 Å². The average Bonchev–Trinajstić information content (AvgIpc) is 1.87. The third-order valence-corrected chi connectivity index (χ3v) is 1.66. The minimum Gasteiger partial charge on any atom is -0.375 e. The van der Waals surface area contributed by atoms with Crippen LogP contribution in [-0.4, -0.2) is 12.2 Å². The lowest BCUT2D eigenvalue weighted by atomic mass is 10.2. The van der Waals surface area contributed by atoms with Crippen LogP contribution in [-0.2, 0) is 4.74 Å². The summed E-state index contributed by atoms with van der Waals surface area (Å²) in [5.74, 6) is 0.